The maximum absolute atomic E-state index is 12.6. The second-order valence-electron chi connectivity index (χ2n) is 6.51. The lowest BCUT2D eigenvalue weighted by Crippen LogP contribution is -2.33. The van der Waals surface area contributed by atoms with Crippen molar-refractivity contribution in [3.05, 3.63) is 46.8 Å². The van der Waals surface area contributed by atoms with E-state index >= 15 is 0 Å². The number of carbonyl (C=O) groups excluding carboxylic acids is 1. The second kappa shape index (κ2) is 7.18. The summed E-state index contributed by atoms with van der Waals surface area (Å²) in [5.41, 5.74) is 4.11. The number of anilines is 1. The summed E-state index contributed by atoms with van der Waals surface area (Å²) in [6, 6.07) is 8.26. The lowest BCUT2D eigenvalue weighted by Gasteiger charge is -2.22. The number of benzene rings is 1. The normalized spacial score (nSPS) is 18.0. The molecule has 24 heavy (non-hydrogen) atoms. The first-order chi connectivity index (χ1) is 11.6. The Morgan fingerprint density at radius 3 is 2.96 bits per heavy atom. The fourth-order valence-electron chi connectivity index (χ4n) is 3.44. The van der Waals surface area contributed by atoms with Gasteiger partial charge in [0.15, 0.2) is 5.76 Å². The number of amides is 1. The number of para-hydroxylation sites is 1. The predicted molar refractivity (Wildman–Crippen MR) is 94.0 cm³/mol. The number of aromatic nitrogens is 1. The molecule has 1 saturated heterocycles. The molecule has 1 N–H and O–H groups in total. The second-order valence-corrected chi connectivity index (χ2v) is 6.51. The van der Waals surface area contributed by atoms with Crippen molar-refractivity contribution in [2.45, 2.75) is 46.1 Å². The summed E-state index contributed by atoms with van der Waals surface area (Å²) < 4.78 is 5.41. The van der Waals surface area contributed by atoms with Crippen LogP contribution in [-0.4, -0.2) is 29.1 Å². The fourth-order valence-corrected chi connectivity index (χ4v) is 3.44. The van der Waals surface area contributed by atoms with Crippen LogP contribution in [0.3, 0.4) is 0 Å². The van der Waals surface area contributed by atoms with Gasteiger partial charge in [0, 0.05) is 11.8 Å². The van der Waals surface area contributed by atoms with Crippen LogP contribution in [0.25, 0.3) is 0 Å². The Kier molecular flexibility index (Phi) is 5.00. The molecule has 0 saturated carbocycles. The first-order valence-electron chi connectivity index (χ1n) is 8.64. The summed E-state index contributed by atoms with van der Waals surface area (Å²) in [4.78, 5) is 14.8. The molecule has 5 heteroatoms. The van der Waals surface area contributed by atoms with Crippen LogP contribution >= 0.6 is 0 Å². The third-order valence-electron chi connectivity index (χ3n) is 4.69. The van der Waals surface area contributed by atoms with Crippen LogP contribution < -0.4 is 5.32 Å². The van der Waals surface area contributed by atoms with Crippen molar-refractivity contribution in [3.63, 3.8) is 0 Å². The molecule has 0 aliphatic carbocycles. The van der Waals surface area contributed by atoms with Gasteiger partial charge in [-0.1, -0.05) is 30.3 Å². The van der Waals surface area contributed by atoms with Crippen LogP contribution in [-0.2, 0) is 11.2 Å². The Morgan fingerprint density at radius 1 is 1.42 bits per heavy atom. The van der Waals surface area contributed by atoms with Crippen LogP contribution in [0.5, 0.6) is 0 Å². The van der Waals surface area contributed by atoms with Gasteiger partial charge in [-0.25, -0.2) is 0 Å². The average molecular weight is 327 g/mol. The zero-order valence-corrected chi connectivity index (χ0v) is 14.6. The smallest absolute Gasteiger partial charge is 0.238 e. The molecule has 3 rings (SSSR count). The summed E-state index contributed by atoms with van der Waals surface area (Å²) >= 11 is 0. The van der Waals surface area contributed by atoms with E-state index in [9.17, 15) is 4.79 Å². The van der Waals surface area contributed by atoms with Gasteiger partial charge >= 0.3 is 0 Å². The molecule has 128 valence electrons. The fraction of sp³-hybridized carbons (Fsp3) is 0.474. The predicted octanol–water partition coefficient (Wildman–Crippen LogP) is 3.63. The molecule has 1 aliphatic rings. The highest BCUT2D eigenvalue weighted by Crippen LogP contribution is 2.32. The van der Waals surface area contributed by atoms with Gasteiger partial charge in [0.25, 0.3) is 0 Å². The summed E-state index contributed by atoms with van der Waals surface area (Å²) in [5, 5.41) is 7.08. The lowest BCUT2D eigenvalue weighted by molar-refractivity contribution is -0.117. The van der Waals surface area contributed by atoms with Crippen LogP contribution in [0.2, 0.25) is 0 Å². The molecule has 2 aromatic rings. The minimum atomic E-state index is 0.0298. The topological polar surface area (TPSA) is 58.4 Å². The maximum atomic E-state index is 12.6. The zero-order chi connectivity index (χ0) is 17.1. The number of hydrogen-bond acceptors (Lipinski definition) is 4. The Labute approximate surface area is 143 Å². The molecule has 0 spiro atoms. The SMILES string of the molecule is CCc1cccc(C)c1NC(=O)CN1CCCC1c1cc(C)no1. The molecule has 1 fully saturated rings. The number of likely N-dealkylation sites (tertiary alicyclic amines) is 1. The van der Waals surface area contributed by atoms with Crippen molar-refractivity contribution in [3.8, 4) is 0 Å². The highest BCUT2D eigenvalue weighted by molar-refractivity contribution is 5.93. The number of aryl methyl sites for hydroxylation is 3. The average Bonchev–Trinajstić information content (AvgIpc) is 3.18. The van der Waals surface area contributed by atoms with Crippen molar-refractivity contribution in [1.29, 1.82) is 0 Å². The van der Waals surface area contributed by atoms with Gasteiger partial charge in [0.05, 0.1) is 18.3 Å². The Bertz CT molecular complexity index is 723. The van der Waals surface area contributed by atoms with E-state index in [4.69, 9.17) is 4.52 Å². The van der Waals surface area contributed by atoms with Gasteiger partial charge in [0.2, 0.25) is 5.91 Å². The van der Waals surface area contributed by atoms with Crippen molar-refractivity contribution < 1.29 is 9.32 Å². The molecule has 1 aromatic heterocycles. The molecule has 1 aliphatic heterocycles. The van der Waals surface area contributed by atoms with Gasteiger partial charge in [-0.3, -0.25) is 9.69 Å². The van der Waals surface area contributed by atoms with Crippen LogP contribution in [0.15, 0.2) is 28.8 Å². The monoisotopic (exact) mass is 327 g/mol. The van der Waals surface area contributed by atoms with Gasteiger partial charge in [-0.05, 0) is 50.8 Å². The van der Waals surface area contributed by atoms with Crippen LogP contribution in [0, 0.1) is 13.8 Å². The molecular weight excluding hydrogens is 302 g/mol. The highest BCUT2D eigenvalue weighted by atomic mass is 16.5. The van der Waals surface area contributed by atoms with Crippen LogP contribution in [0.4, 0.5) is 5.69 Å². The van der Waals surface area contributed by atoms with E-state index in [-0.39, 0.29) is 11.9 Å². The molecule has 1 atom stereocenters. The molecule has 1 aromatic carbocycles. The van der Waals surface area contributed by atoms with Crippen molar-refractivity contribution >= 4 is 11.6 Å². The van der Waals surface area contributed by atoms with Crippen LogP contribution in [0.1, 0.15) is 48.4 Å². The number of carbonyl (C=O) groups is 1. The minimum Gasteiger partial charge on any atom is -0.359 e. The number of nitrogens with one attached hydrogen (secondary N) is 1. The summed E-state index contributed by atoms with van der Waals surface area (Å²) in [6.45, 7) is 7.34. The van der Waals surface area contributed by atoms with Gasteiger partial charge in [0.1, 0.15) is 0 Å². The summed E-state index contributed by atoms with van der Waals surface area (Å²) in [6.07, 6.45) is 2.98. The number of hydrogen-bond donors (Lipinski definition) is 1. The Hall–Kier alpha value is -2.14. The summed E-state index contributed by atoms with van der Waals surface area (Å²) in [5.74, 6) is 0.894. The minimum absolute atomic E-state index is 0.0298. The molecule has 0 radical (unpaired) electrons. The molecular formula is C19H25N3O2. The Morgan fingerprint density at radius 2 is 2.25 bits per heavy atom. The third kappa shape index (κ3) is 3.51. The van der Waals surface area contributed by atoms with Crippen molar-refractivity contribution in [1.82, 2.24) is 10.1 Å². The molecule has 1 amide bonds. The lowest BCUT2D eigenvalue weighted by atomic mass is 10.1. The number of rotatable bonds is 5. The molecule has 5 nitrogen and oxygen atoms in total. The first-order valence-corrected chi connectivity index (χ1v) is 8.64. The molecule has 1 unspecified atom stereocenters. The van der Waals surface area contributed by atoms with E-state index < -0.39 is 0 Å². The quantitative estimate of drug-likeness (QED) is 0.911. The van der Waals surface area contributed by atoms with Gasteiger partial charge in [-0.15, -0.1) is 0 Å². The summed E-state index contributed by atoms with van der Waals surface area (Å²) in [7, 11) is 0. The van der Waals surface area contributed by atoms with Gasteiger partial charge in [-0.2, -0.15) is 0 Å². The first kappa shape index (κ1) is 16.7. The van der Waals surface area contributed by atoms with Crippen molar-refractivity contribution in [2.24, 2.45) is 0 Å². The highest BCUT2D eigenvalue weighted by Gasteiger charge is 2.30. The zero-order valence-electron chi connectivity index (χ0n) is 14.6. The molecule has 0 bridgehead atoms. The van der Waals surface area contributed by atoms with E-state index in [0.717, 1.165) is 48.5 Å². The van der Waals surface area contributed by atoms with Gasteiger partial charge < -0.3 is 9.84 Å². The van der Waals surface area contributed by atoms with E-state index in [1.807, 2.05) is 32.0 Å². The van der Waals surface area contributed by atoms with E-state index in [2.05, 4.69) is 28.4 Å². The van der Waals surface area contributed by atoms with Crippen molar-refractivity contribution in [2.75, 3.05) is 18.4 Å². The Balaban J connectivity index is 1.69. The molecule has 2 heterocycles. The maximum Gasteiger partial charge on any atom is 0.238 e. The number of nitrogens with zero attached hydrogens (tertiary/aromatic N) is 2. The standard InChI is InChI=1S/C19H25N3O2/c1-4-15-8-5-7-13(2)19(15)20-18(23)12-22-10-6-9-16(22)17-11-14(3)21-24-17/h5,7-8,11,16H,4,6,9-10,12H2,1-3H3,(H,20,23). The van der Waals surface area contributed by atoms with E-state index in [1.54, 1.807) is 0 Å². The largest absolute Gasteiger partial charge is 0.359 e. The van der Waals surface area contributed by atoms with E-state index in [1.165, 1.54) is 5.56 Å². The van der Waals surface area contributed by atoms with E-state index in [0.29, 0.717) is 6.54 Å². The third-order valence-corrected chi connectivity index (χ3v) is 4.69.